The Kier molecular flexibility index (Phi) is 3.87. The van der Waals surface area contributed by atoms with Crippen molar-refractivity contribution in [3.8, 4) is 11.1 Å². The van der Waals surface area contributed by atoms with E-state index in [9.17, 15) is 4.57 Å². The highest BCUT2D eigenvalue weighted by Gasteiger charge is 2.15. The fourth-order valence-electron chi connectivity index (χ4n) is 1.59. The molecule has 2 N–H and O–H groups in total. The molecule has 0 aromatic carbocycles. The van der Waals surface area contributed by atoms with E-state index in [1.165, 1.54) is 0 Å². The zero-order valence-electron chi connectivity index (χ0n) is 9.68. The molecule has 5 nitrogen and oxygen atoms in total. The van der Waals surface area contributed by atoms with Gasteiger partial charge in [-0.05, 0) is 23.3 Å². The SMILES string of the molecule is O=P(O)(O)CC[n+]1ccc(-c2ccncc2)cc1. The van der Waals surface area contributed by atoms with Gasteiger partial charge in [0.15, 0.2) is 18.9 Å². The van der Waals surface area contributed by atoms with E-state index in [-0.39, 0.29) is 6.16 Å². The van der Waals surface area contributed by atoms with Crippen molar-refractivity contribution < 1.29 is 18.9 Å². The number of aryl methyl sites for hydroxylation is 1. The van der Waals surface area contributed by atoms with Crippen molar-refractivity contribution in [1.82, 2.24) is 4.98 Å². The molecule has 0 saturated carbocycles. The molecule has 0 bridgehead atoms. The van der Waals surface area contributed by atoms with Crippen LogP contribution in [-0.2, 0) is 11.1 Å². The molecule has 0 unspecified atom stereocenters. The molecule has 94 valence electrons. The van der Waals surface area contributed by atoms with E-state index in [4.69, 9.17) is 9.79 Å². The van der Waals surface area contributed by atoms with Crippen molar-refractivity contribution in [3.05, 3.63) is 49.1 Å². The van der Waals surface area contributed by atoms with Gasteiger partial charge in [0.1, 0.15) is 6.16 Å². The van der Waals surface area contributed by atoms with E-state index in [0.29, 0.717) is 6.54 Å². The number of rotatable bonds is 4. The molecule has 2 aromatic heterocycles. The van der Waals surface area contributed by atoms with Gasteiger partial charge in [-0.1, -0.05) is 0 Å². The maximum absolute atomic E-state index is 10.8. The maximum Gasteiger partial charge on any atom is 0.331 e. The standard InChI is InChI=1S/C12H13N2O3P/c15-18(16,17)10-9-14-7-3-12(4-8-14)11-1-5-13-6-2-11/h1-8H,9-10H2,(H-,15,16,17)/p+1. The molecule has 2 heterocycles. The zero-order valence-corrected chi connectivity index (χ0v) is 10.6. The summed E-state index contributed by atoms with van der Waals surface area (Å²) in [6.07, 6.45) is 6.93. The highest BCUT2D eigenvalue weighted by atomic mass is 31.2. The molecule has 2 aromatic rings. The molecular weight excluding hydrogens is 251 g/mol. The molecule has 0 saturated heterocycles. The van der Waals surface area contributed by atoms with Crippen molar-refractivity contribution in [1.29, 1.82) is 0 Å². The van der Waals surface area contributed by atoms with Crippen LogP contribution in [0.4, 0.5) is 0 Å². The molecule has 0 aliphatic carbocycles. The van der Waals surface area contributed by atoms with Gasteiger partial charge in [-0.25, -0.2) is 4.57 Å². The van der Waals surface area contributed by atoms with Crippen LogP contribution in [0.3, 0.4) is 0 Å². The molecule has 0 atom stereocenters. The first-order valence-corrected chi connectivity index (χ1v) is 7.28. The van der Waals surface area contributed by atoms with Gasteiger partial charge in [-0.3, -0.25) is 9.55 Å². The lowest BCUT2D eigenvalue weighted by Gasteiger charge is -2.02. The predicted molar refractivity (Wildman–Crippen MR) is 66.8 cm³/mol. The van der Waals surface area contributed by atoms with Gasteiger partial charge in [0.25, 0.3) is 0 Å². The van der Waals surface area contributed by atoms with Crippen LogP contribution in [0, 0.1) is 0 Å². The van der Waals surface area contributed by atoms with E-state index in [2.05, 4.69) is 4.98 Å². The summed E-state index contributed by atoms with van der Waals surface area (Å²) in [6.45, 7) is 0.306. The van der Waals surface area contributed by atoms with Crippen molar-refractivity contribution in [2.24, 2.45) is 0 Å². The van der Waals surface area contributed by atoms with Gasteiger partial charge in [-0.15, -0.1) is 0 Å². The predicted octanol–water partition coefficient (Wildman–Crippen LogP) is 1.21. The Hall–Kier alpha value is -1.55. The fourth-order valence-corrected chi connectivity index (χ4v) is 2.08. The summed E-state index contributed by atoms with van der Waals surface area (Å²) in [5.41, 5.74) is 2.11. The molecule has 2 rings (SSSR count). The third kappa shape index (κ3) is 3.74. The molecular formula is C12H14N2O3P+. The Morgan fingerprint density at radius 2 is 1.61 bits per heavy atom. The smallest absolute Gasteiger partial charge is 0.324 e. The van der Waals surface area contributed by atoms with Gasteiger partial charge in [-0.2, -0.15) is 0 Å². The number of aromatic nitrogens is 2. The lowest BCUT2D eigenvalue weighted by Crippen LogP contribution is -2.34. The number of pyridine rings is 2. The van der Waals surface area contributed by atoms with Crippen LogP contribution in [0.15, 0.2) is 49.1 Å². The van der Waals surface area contributed by atoms with Gasteiger partial charge in [0.05, 0.1) is 0 Å². The average molecular weight is 265 g/mol. The first-order valence-electron chi connectivity index (χ1n) is 5.49. The largest absolute Gasteiger partial charge is 0.331 e. The topological polar surface area (TPSA) is 74.3 Å². The minimum absolute atomic E-state index is 0.147. The molecule has 0 aliphatic rings. The highest BCUT2D eigenvalue weighted by molar-refractivity contribution is 7.51. The lowest BCUT2D eigenvalue weighted by molar-refractivity contribution is -0.692. The third-order valence-corrected chi connectivity index (χ3v) is 3.34. The minimum atomic E-state index is -3.93. The minimum Gasteiger partial charge on any atom is -0.324 e. The van der Waals surface area contributed by atoms with Gasteiger partial charge in [0, 0.05) is 24.5 Å². The van der Waals surface area contributed by atoms with Crippen molar-refractivity contribution in [2.45, 2.75) is 6.54 Å². The summed E-state index contributed by atoms with van der Waals surface area (Å²) in [5.74, 6) is 0. The first-order chi connectivity index (χ1) is 8.54. The van der Waals surface area contributed by atoms with Crippen molar-refractivity contribution >= 4 is 7.60 Å². The van der Waals surface area contributed by atoms with E-state index in [0.717, 1.165) is 11.1 Å². The number of hydrogen-bond acceptors (Lipinski definition) is 2. The van der Waals surface area contributed by atoms with E-state index in [1.54, 1.807) is 17.0 Å². The molecule has 0 spiro atoms. The second kappa shape index (κ2) is 5.40. The fraction of sp³-hybridized carbons (Fsp3) is 0.167. The molecule has 0 aliphatic heterocycles. The van der Waals surface area contributed by atoms with Gasteiger partial charge >= 0.3 is 7.60 Å². The van der Waals surface area contributed by atoms with Crippen LogP contribution in [0.1, 0.15) is 0 Å². The van der Waals surface area contributed by atoms with Crippen molar-refractivity contribution in [3.63, 3.8) is 0 Å². The molecule has 6 heteroatoms. The summed E-state index contributed by atoms with van der Waals surface area (Å²) in [5, 5.41) is 0. The Bertz CT molecular complexity index is 551. The maximum atomic E-state index is 10.8. The summed E-state index contributed by atoms with van der Waals surface area (Å²) < 4.78 is 12.5. The van der Waals surface area contributed by atoms with Crippen LogP contribution < -0.4 is 4.57 Å². The van der Waals surface area contributed by atoms with Crippen LogP contribution in [0.2, 0.25) is 0 Å². The highest BCUT2D eigenvalue weighted by Crippen LogP contribution is 2.33. The Morgan fingerprint density at radius 3 is 2.17 bits per heavy atom. The summed E-state index contributed by atoms with van der Waals surface area (Å²) in [7, 11) is -3.93. The number of nitrogens with zero attached hydrogens (tertiary/aromatic N) is 2. The van der Waals surface area contributed by atoms with Gasteiger partial charge in [0.2, 0.25) is 0 Å². The van der Waals surface area contributed by atoms with Crippen LogP contribution in [-0.4, -0.2) is 20.9 Å². The molecule has 0 amide bonds. The summed E-state index contributed by atoms with van der Waals surface area (Å²) in [4.78, 5) is 21.6. The normalized spacial score (nSPS) is 11.4. The first kappa shape index (κ1) is 12.9. The molecule has 0 radical (unpaired) electrons. The number of hydrogen-bond donors (Lipinski definition) is 2. The molecule has 0 fully saturated rings. The second-order valence-electron chi connectivity index (χ2n) is 3.95. The van der Waals surface area contributed by atoms with E-state index < -0.39 is 7.60 Å². The third-order valence-electron chi connectivity index (χ3n) is 2.55. The lowest BCUT2D eigenvalue weighted by atomic mass is 10.1. The monoisotopic (exact) mass is 265 g/mol. The quantitative estimate of drug-likeness (QED) is 0.643. The van der Waals surface area contributed by atoms with E-state index >= 15 is 0 Å². The van der Waals surface area contributed by atoms with Gasteiger partial charge < -0.3 is 9.79 Å². The second-order valence-corrected chi connectivity index (χ2v) is 5.73. The molecule has 18 heavy (non-hydrogen) atoms. The zero-order chi connectivity index (χ0) is 13.0. The Balaban J connectivity index is 2.09. The Morgan fingerprint density at radius 1 is 1.06 bits per heavy atom. The van der Waals surface area contributed by atoms with Crippen LogP contribution >= 0.6 is 7.60 Å². The summed E-state index contributed by atoms with van der Waals surface area (Å²) in [6, 6.07) is 7.65. The van der Waals surface area contributed by atoms with E-state index in [1.807, 2.05) is 36.7 Å². The van der Waals surface area contributed by atoms with Crippen LogP contribution in [0.5, 0.6) is 0 Å². The Labute approximate surface area is 105 Å². The summed E-state index contributed by atoms with van der Waals surface area (Å²) >= 11 is 0. The average Bonchev–Trinajstić information content (AvgIpc) is 2.37. The van der Waals surface area contributed by atoms with Crippen LogP contribution in [0.25, 0.3) is 11.1 Å². The van der Waals surface area contributed by atoms with Crippen molar-refractivity contribution in [2.75, 3.05) is 6.16 Å².